The summed E-state index contributed by atoms with van der Waals surface area (Å²) in [6, 6.07) is 21.7. The Bertz CT molecular complexity index is 977. The fraction of sp³-hybridized carbons (Fsp3) is 0.217. The molecule has 6 nitrogen and oxygen atoms in total. The monoisotopic (exact) mass is 426 g/mol. The Morgan fingerprint density at radius 1 is 1.07 bits per heavy atom. The molecule has 3 rings (SSSR count). The zero-order valence-corrected chi connectivity index (χ0v) is 17.3. The highest BCUT2D eigenvalue weighted by atomic mass is 35.5. The second-order valence-corrected chi connectivity index (χ2v) is 7.50. The molecular weight excluding hydrogens is 404 g/mol. The number of non-ortho nitro benzene ring substituents is 1. The van der Waals surface area contributed by atoms with Crippen LogP contribution in [-0.4, -0.2) is 41.2 Å². The number of aliphatic hydroxyl groups is 1. The molecule has 0 spiro atoms. The Morgan fingerprint density at radius 3 is 2.37 bits per heavy atom. The van der Waals surface area contributed by atoms with Crippen molar-refractivity contribution in [3.8, 4) is 16.9 Å². The van der Waals surface area contributed by atoms with Gasteiger partial charge in [-0.3, -0.25) is 15.0 Å². The molecule has 0 radical (unpaired) electrons. The highest BCUT2D eigenvalue weighted by Crippen LogP contribution is 2.27. The number of halogens is 1. The molecule has 7 heteroatoms. The number of rotatable bonds is 9. The first-order valence-corrected chi connectivity index (χ1v) is 9.88. The predicted molar refractivity (Wildman–Crippen MR) is 118 cm³/mol. The zero-order chi connectivity index (χ0) is 21.5. The molecule has 0 heterocycles. The maximum atomic E-state index is 10.7. The number of aliphatic hydroxyl groups excluding tert-OH is 1. The Balaban J connectivity index is 1.48. The van der Waals surface area contributed by atoms with E-state index in [2.05, 4.69) is 12.1 Å². The van der Waals surface area contributed by atoms with Gasteiger partial charge in [-0.05, 0) is 36.4 Å². The first-order valence-electron chi connectivity index (χ1n) is 9.50. The summed E-state index contributed by atoms with van der Waals surface area (Å²) in [5.74, 6) is 0.484. The van der Waals surface area contributed by atoms with E-state index in [-0.39, 0.29) is 12.3 Å². The van der Waals surface area contributed by atoms with Gasteiger partial charge in [-0.25, -0.2) is 0 Å². The van der Waals surface area contributed by atoms with Crippen molar-refractivity contribution < 1.29 is 14.8 Å². The number of likely N-dealkylation sites (N-methyl/N-ethyl adjacent to an activating group) is 1. The van der Waals surface area contributed by atoms with E-state index in [0.29, 0.717) is 18.8 Å². The molecule has 0 amide bonds. The molecular formula is C23H23ClN2O4. The summed E-state index contributed by atoms with van der Waals surface area (Å²) in [4.78, 5) is 12.2. The summed E-state index contributed by atoms with van der Waals surface area (Å²) in [7, 11) is 1.93. The van der Waals surface area contributed by atoms with Gasteiger partial charge in [-0.2, -0.15) is 0 Å². The van der Waals surface area contributed by atoms with Crippen LogP contribution in [0.3, 0.4) is 0 Å². The number of hydrogen-bond acceptors (Lipinski definition) is 5. The van der Waals surface area contributed by atoms with Crippen LogP contribution in [0, 0.1) is 10.1 Å². The van der Waals surface area contributed by atoms with Gasteiger partial charge >= 0.3 is 0 Å². The highest BCUT2D eigenvalue weighted by Gasteiger charge is 2.11. The molecule has 0 fully saturated rings. The number of ether oxygens (including phenoxy) is 1. The second-order valence-electron chi connectivity index (χ2n) is 7.09. The number of hydrogen-bond donors (Lipinski definition) is 1. The van der Waals surface area contributed by atoms with Crippen LogP contribution in [0.25, 0.3) is 11.1 Å². The van der Waals surface area contributed by atoms with Crippen molar-refractivity contribution in [2.45, 2.75) is 12.6 Å². The van der Waals surface area contributed by atoms with E-state index >= 15 is 0 Å². The van der Waals surface area contributed by atoms with Crippen molar-refractivity contribution >= 4 is 17.3 Å². The highest BCUT2D eigenvalue weighted by molar-refractivity contribution is 6.33. The van der Waals surface area contributed by atoms with E-state index in [1.54, 1.807) is 0 Å². The molecule has 30 heavy (non-hydrogen) atoms. The SMILES string of the molecule is CN(Cc1ccc(-c2ccccc2Cl)cc1)CC(O)COc1ccc([N+](=O)[O-])cc1. The van der Waals surface area contributed by atoms with Crippen LogP contribution in [0.1, 0.15) is 5.56 Å². The van der Waals surface area contributed by atoms with Crippen molar-refractivity contribution in [1.82, 2.24) is 4.90 Å². The van der Waals surface area contributed by atoms with Gasteiger partial charge < -0.3 is 9.84 Å². The van der Waals surface area contributed by atoms with E-state index in [4.69, 9.17) is 16.3 Å². The van der Waals surface area contributed by atoms with Crippen LogP contribution in [0.4, 0.5) is 5.69 Å². The van der Waals surface area contributed by atoms with Gasteiger partial charge in [0.25, 0.3) is 5.69 Å². The van der Waals surface area contributed by atoms with Gasteiger partial charge in [0.2, 0.25) is 0 Å². The largest absolute Gasteiger partial charge is 0.491 e. The minimum Gasteiger partial charge on any atom is -0.491 e. The predicted octanol–water partition coefficient (Wildman–Crippen LogP) is 4.79. The van der Waals surface area contributed by atoms with Crippen molar-refractivity contribution in [3.63, 3.8) is 0 Å². The Morgan fingerprint density at radius 2 is 1.73 bits per heavy atom. The van der Waals surface area contributed by atoms with Gasteiger partial charge in [0, 0.05) is 35.8 Å². The van der Waals surface area contributed by atoms with Crippen molar-refractivity contribution in [1.29, 1.82) is 0 Å². The van der Waals surface area contributed by atoms with Crippen molar-refractivity contribution in [2.24, 2.45) is 0 Å². The molecule has 1 unspecified atom stereocenters. The smallest absolute Gasteiger partial charge is 0.269 e. The van der Waals surface area contributed by atoms with E-state index in [9.17, 15) is 15.2 Å². The first kappa shape index (κ1) is 21.8. The third kappa shape index (κ3) is 6.03. The lowest BCUT2D eigenvalue weighted by molar-refractivity contribution is -0.384. The number of nitrogens with zero attached hydrogens (tertiary/aromatic N) is 2. The molecule has 3 aromatic carbocycles. The van der Waals surface area contributed by atoms with Crippen LogP contribution in [0.5, 0.6) is 5.75 Å². The zero-order valence-electron chi connectivity index (χ0n) is 16.6. The quantitative estimate of drug-likeness (QED) is 0.393. The van der Waals surface area contributed by atoms with E-state index in [1.165, 1.54) is 24.3 Å². The molecule has 0 bridgehead atoms. The van der Waals surface area contributed by atoms with Gasteiger partial charge in [-0.1, -0.05) is 54.1 Å². The van der Waals surface area contributed by atoms with E-state index < -0.39 is 11.0 Å². The summed E-state index contributed by atoms with van der Waals surface area (Å²) >= 11 is 6.26. The average molecular weight is 427 g/mol. The van der Waals surface area contributed by atoms with Crippen LogP contribution < -0.4 is 4.74 Å². The molecule has 0 aliphatic rings. The third-order valence-corrected chi connectivity index (χ3v) is 4.93. The van der Waals surface area contributed by atoms with Crippen LogP contribution in [0.15, 0.2) is 72.8 Å². The molecule has 0 saturated carbocycles. The Kier molecular flexibility index (Phi) is 7.41. The summed E-state index contributed by atoms with van der Waals surface area (Å²) in [5, 5.41) is 21.6. The molecule has 0 aliphatic heterocycles. The third-order valence-electron chi connectivity index (χ3n) is 4.60. The summed E-state index contributed by atoms with van der Waals surface area (Å²) < 4.78 is 5.52. The molecule has 1 N–H and O–H groups in total. The number of nitro groups is 1. The van der Waals surface area contributed by atoms with Gasteiger partial charge in [0.15, 0.2) is 0 Å². The maximum absolute atomic E-state index is 10.7. The van der Waals surface area contributed by atoms with E-state index in [1.807, 2.05) is 48.3 Å². The van der Waals surface area contributed by atoms with Crippen LogP contribution in [-0.2, 0) is 6.54 Å². The fourth-order valence-electron chi connectivity index (χ4n) is 3.13. The van der Waals surface area contributed by atoms with Gasteiger partial charge in [0.05, 0.1) is 4.92 Å². The molecule has 0 aromatic heterocycles. The summed E-state index contributed by atoms with van der Waals surface area (Å²) in [6.45, 7) is 1.21. The van der Waals surface area contributed by atoms with Gasteiger partial charge in [-0.15, -0.1) is 0 Å². The van der Waals surface area contributed by atoms with E-state index in [0.717, 1.165) is 21.7 Å². The first-order chi connectivity index (χ1) is 14.4. The second kappa shape index (κ2) is 10.2. The number of nitro benzene ring substituents is 1. The topological polar surface area (TPSA) is 75.8 Å². The lowest BCUT2D eigenvalue weighted by Gasteiger charge is -2.21. The Labute approximate surface area is 180 Å². The minimum atomic E-state index is -0.687. The lowest BCUT2D eigenvalue weighted by atomic mass is 10.0. The number of benzene rings is 3. The van der Waals surface area contributed by atoms with Crippen molar-refractivity contribution in [2.75, 3.05) is 20.2 Å². The van der Waals surface area contributed by atoms with Crippen LogP contribution in [0.2, 0.25) is 5.02 Å². The molecule has 0 saturated heterocycles. The minimum absolute atomic E-state index is 0.00295. The molecule has 3 aromatic rings. The summed E-state index contributed by atoms with van der Waals surface area (Å²) in [5.41, 5.74) is 3.18. The molecule has 156 valence electrons. The van der Waals surface area contributed by atoms with Crippen LogP contribution >= 0.6 is 11.6 Å². The normalized spacial score (nSPS) is 12.0. The van der Waals surface area contributed by atoms with Gasteiger partial charge in [0.1, 0.15) is 18.5 Å². The maximum Gasteiger partial charge on any atom is 0.269 e. The summed E-state index contributed by atoms with van der Waals surface area (Å²) in [6.07, 6.45) is -0.687. The molecule has 1 atom stereocenters. The average Bonchev–Trinajstić information content (AvgIpc) is 2.73. The fourth-order valence-corrected chi connectivity index (χ4v) is 3.38. The lowest BCUT2D eigenvalue weighted by Crippen LogP contribution is -2.32. The standard InChI is InChI=1S/C23H23ClN2O4/c1-25(15-20(27)16-30-21-12-10-19(11-13-21)26(28)29)14-17-6-8-18(9-7-17)22-4-2-3-5-23(22)24/h2-13,20,27H,14-16H2,1H3. The Hall–Kier alpha value is -2.93. The molecule has 0 aliphatic carbocycles. The van der Waals surface area contributed by atoms with Crippen molar-refractivity contribution in [3.05, 3.63) is 93.5 Å².